The van der Waals surface area contributed by atoms with Crippen LogP contribution in [0.25, 0.3) is 0 Å². The minimum absolute atomic E-state index is 0.138. The normalized spacial score (nSPS) is 20.4. The predicted octanol–water partition coefficient (Wildman–Crippen LogP) is 3.89. The number of aryl methyl sites for hydroxylation is 1. The van der Waals surface area contributed by atoms with E-state index in [1.54, 1.807) is 0 Å². The summed E-state index contributed by atoms with van der Waals surface area (Å²) in [7, 11) is 0. The molecule has 120 valence electrons. The average Bonchev–Trinajstić information content (AvgIpc) is 2.43. The zero-order chi connectivity index (χ0) is 16.3. The minimum atomic E-state index is -2.72. The molecule has 1 fully saturated rings. The van der Waals surface area contributed by atoms with Gasteiger partial charge in [-0.1, -0.05) is 12.1 Å². The van der Waals surface area contributed by atoms with Crippen LogP contribution in [0.15, 0.2) is 18.2 Å². The zero-order valence-electron chi connectivity index (χ0n) is 12.2. The van der Waals surface area contributed by atoms with Gasteiger partial charge in [0.15, 0.2) is 0 Å². The second-order valence-electron chi connectivity index (χ2n) is 5.64. The highest BCUT2D eigenvalue weighted by atomic mass is 19.3. The van der Waals surface area contributed by atoms with Gasteiger partial charge in [-0.3, -0.25) is 10.1 Å². The van der Waals surface area contributed by atoms with Gasteiger partial charge in [0.05, 0.1) is 11.5 Å². The van der Waals surface area contributed by atoms with Crippen LogP contribution in [0.4, 0.5) is 14.5 Å². The number of para-hydroxylation sites is 1. The maximum Gasteiger partial charge on any atom is 0.345 e. The molecule has 0 radical (unpaired) electrons. The Bertz CT molecular complexity index is 589. The van der Waals surface area contributed by atoms with Crippen LogP contribution in [0.1, 0.15) is 41.6 Å². The van der Waals surface area contributed by atoms with E-state index in [1.807, 2.05) is 0 Å². The van der Waals surface area contributed by atoms with Gasteiger partial charge < -0.3 is 4.74 Å². The first-order chi connectivity index (χ1) is 10.3. The highest BCUT2D eigenvalue weighted by Gasteiger charge is 2.36. The molecule has 2 rings (SSSR count). The Morgan fingerprint density at radius 3 is 2.86 bits per heavy atom. The SMILES string of the molecule is Cc1cccc(C(=O)OCC2CCCC(F)(F)C2)c1[N+](=O)[O-]. The van der Waals surface area contributed by atoms with Crippen LogP contribution in [-0.2, 0) is 4.74 Å². The lowest BCUT2D eigenvalue weighted by molar-refractivity contribution is -0.385. The van der Waals surface area contributed by atoms with Gasteiger partial charge in [-0.25, -0.2) is 13.6 Å². The zero-order valence-corrected chi connectivity index (χ0v) is 12.2. The first-order valence-corrected chi connectivity index (χ1v) is 7.09. The van der Waals surface area contributed by atoms with E-state index in [0.717, 1.165) is 0 Å². The van der Waals surface area contributed by atoms with E-state index in [1.165, 1.54) is 25.1 Å². The molecule has 1 aliphatic rings. The first kappa shape index (κ1) is 16.3. The van der Waals surface area contributed by atoms with Crippen molar-refractivity contribution in [1.29, 1.82) is 0 Å². The Morgan fingerprint density at radius 1 is 1.50 bits per heavy atom. The topological polar surface area (TPSA) is 69.4 Å². The van der Waals surface area contributed by atoms with Crippen molar-refractivity contribution in [3.8, 4) is 0 Å². The molecule has 0 heterocycles. The third kappa shape index (κ3) is 3.78. The minimum Gasteiger partial charge on any atom is -0.462 e. The predicted molar refractivity (Wildman–Crippen MR) is 75.0 cm³/mol. The molecule has 1 aromatic rings. The maximum absolute atomic E-state index is 13.3. The van der Waals surface area contributed by atoms with Crippen LogP contribution in [0.2, 0.25) is 0 Å². The highest BCUT2D eigenvalue weighted by molar-refractivity contribution is 5.94. The highest BCUT2D eigenvalue weighted by Crippen LogP contribution is 2.36. The molecule has 0 aliphatic heterocycles. The number of nitro benzene ring substituents is 1. The molecule has 1 saturated carbocycles. The summed E-state index contributed by atoms with van der Waals surface area (Å²) in [6.45, 7) is 1.39. The van der Waals surface area contributed by atoms with E-state index >= 15 is 0 Å². The van der Waals surface area contributed by atoms with Crippen molar-refractivity contribution >= 4 is 11.7 Å². The number of hydrogen-bond acceptors (Lipinski definition) is 4. The van der Waals surface area contributed by atoms with Gasteiger partial charge in [0.1, 0.15) is 5.56 Å². The molecule has 0 bridgehead atoms. The fourth-order valence-corrected chi connectivity index (χ4v) is 2.76. The number of esters is 1. The van der Waals surface area contributed by atoms with Crippen LogP contribution >= 0.6 is 0 Å². The Morgan fingerprint density at radius 2 is 2.23 bits per heavy atom. The summed E-state index contributed by atoms with van der Waals surface area (Å²) in [5.74, 6) is -3.97. The van der Waals surface area contributed by atoms with Gasteiger partial charge in [-0.2, -0.15) is 0 Å². The lowest BCUT2D eigenvalue weighted by atomic mass is 9.87. The summed E-state index contributed by atoms with van der Waals surface area (Å²) >= 11 is 0. The van der Waals surface area contributed by atoms with E-state index in [9.17, 15) is 23.7 Å². The quantitative estimate of drug-likeness (QED) is 0.480. The largest absolute Gasteiger partial charge is 0.462 e. The smallest absolute Gasteiger partial charge is 0.345 e. The number of halogens is 2. The number of nitrogens with zero attached hydrogens (tertiary/aromatic N) is 1. The van der Waals surface area contributed by atoms with Crippen molar-refractivity contribution in [2.45, 2.75) is 38.5 Å². The van der Waals surface area contributed by atoms with Crippen LogP contribution in [0, 0.1) is 23.0 Å². The van der Waals surface area contributed by atoms with Gasteiger partial charge >= 0.3 is 5.97 Å². The Balaban J connectivity index is 2.04. The molecule has 0 aromatic heterocycles. The number of alkyl halides is 2. The number of carbonyl (C=O) groups excluding carboxylic acids is 1. The fraction of sp³-hybridized carbons (Fsp3) is 0.533. The maximum atomic E-state index is 13.3. The average molecular weight is 313 g/mol. The summed E-state index contributed by atoms with van der Waals surface area (Å²) in [5.41, 5.74) is -0.0994. The molecule has 1 atom stereocenters. The van der Waals surface area contributed by atoms with Crippen LogP contribution < -0.4 is 0 Å². The molecule has 0 spiro atoms. The molecule has 5 nitrogen and oxygen atoms in total. The molecule has 1 aliphatic carbocycles. The summed E-state index contributed by atoms with van der Waals surface area (Å²) < 4.78 is 31.6. The summed E-state index contributed by atoms with van der Waals surface area (Å²) in [6.07, 6.45) is 0.510. The van der Waals surface area contributed by atoms with Gasteiger partial charge in [0.2, 0.25) is 5.92 Å². The Hall–Kier alpha value is -2.05. The van der Waals surface area contributed by atoms with E-state index < -0.39 is 22.7 Å². The number of rotatable bonds is 4. The van der Waals surface area contributed by atoms with E-state index in [0.29, 0.717) is 18.4 Å². The van der Waals surface area contributed by atoms with Gasteiger partial charge in [-0.05, 0) is 31.7 Å². The van der Waals surface area contributed by atoms with Crippen molar-refractivity contribution in [3.63, 3.8) is 0 Å². The Labute approximate surface area is 126 Å². The number of hydrogen-bond donors (Lipinski definition) is 0. The number of benzene rings is 1. The van der Waals surface area contributed by atoms with Crippen molar-refractivity contribution < 1.29 is 23.2 Å². The van der Waals surface area contributed by atoms with E-state index in [2.05, 4.69) is 0 Å². The molecule has 0 saturated heterocycles. The van der Waals surface area contributed by atoms with Crippen LogP contribution in [0.3, 0.4) is 0 Å². The van der Waals surface area contributed by atoms with E-state index in [-0.39, 0.29) is 30.7 Å². The number of carbonyl (C=O) groups is 1. The van der Waals surface area contributed by atoms with Crippen molar-refractivity contribution in [2.75, 3.05) is 6.61 Å². The van der Waals surface area contributed by atoms with Crippen molar-refractivity contribution in [2.24, 2.45) is 5.92 Å². The first-order valence-electron chi connectivity index (χ1n) is 7.09. The standard InChI is InChI=1S/C15H17F2NO4/c1-10-4-2-6-12(13(10)18(20)21)14(19)22-9-11-5-3-7-15(16,17)8-11/h2,4,6,11H,3,5,7-9H2,1H3. The third-order valence-electron chi connectivity index (χ3n) is 3.83. The lowest BCUT2D eigenvalue weighted by Crippen LogP contribution is -2.29. The molecular formula is C15H17F2NO4. The second kappa shape index (κ2) is 6.37. The van der Waals surface area contributed by atoms with Crippen LogP contribution in [-0.4, -0.2) is 23.4 Å². The molecule has 0 amide bonds. The van der Waals surface area contributed by atoms with Crippen molar-refractivity contribution in [3.05, 3.63) is 39.4 Å². The Kier molecular flexibility index (Phi) is 4.73. The number of nitro groups is 1. The van der Waals surface area contributed by atoms with Gasteiger partial charge in [-0.15, -0.1) is 0 Å². The van der Waals surface area contributed by atoms with Gasteiger partial charge in [0.25, 0.3) is 5.69 Å². The van der Waals surface area contributed by atoms with Crippen molar-refractivity contribution in [1.82, 2.24) is 0 Å². The molecule has 1 aromatic carbocycles. The molecular weight excluding hydrogens is 296 g/mol. The monoisotopic (exact) mass is 313 g/mol. The summed E-state index contributed by atoms with van der Waals surface area (Å²) in [6, 6.07) is 4.35. The molecule has 7 heteroatoms. The second-order valence-corrected chi connectivity index (χ2v) is 5.64. The van der Waals surface area contributed by atoms with Gasteiger partial charge in [0, 0.05) is 18.4 Å². The molecule has 1 unspecified atom stereocenters. The molecule has 0 N–H and O–H groups in total. The summed E-state index contributed by atoms with van der Waals surface area (Å²) in [4.78, 5) is 22.4. The fourth-order valence-electron chi connectivity index (χ4n) is 2.76. The third-order valence-corrected chi connectivity index (χ3v) is 3.83. The molecule has 22 heavy (non-hydrogen) atoms. The number of ether oxygens (including phenoxy) is 1. The summed E-state index contributed by atoms with van der Waals surface area (Å²) in [5, 5.41) is 11.0. The lowest BCUT2D eigenvalue weighted by Gasteiger charge is -2.28. The van der Waals surface area contributed by atoms with E-state index in [4.69, 9.17) is 4.74 Å². The van der Waals surface area contributed by atoms with Crippen LogP contribution in [0.5, 0.6) is 0 Å².